The van der Waals surface area contributed by atoms with E-state index in [0.29, 0.717) is 63.2 Å². The van der Waals surface area contributed by atoms with Crippen molar-refractivity contribution in [2.45, 2.75) is 122 Å². The second kappa shape index (κ2) is 15.7. The van der Waals surface area contributed by atoms with Crippen molar-refractivity contribution < 1.29 is 33.2 Å². The van der Waals surface area contributed by atoms with Gasteiger partial charge < -0.3 is 33.2 Å². The first-order chi connectivity index (χ1) is 21.0. The third kappa shape index (κ3) is 8.93. The van der Waals surface area contributed by atoms with Crippen LogP contribution in [0.3, 0.4) is 0 Å². The van der Waals surface area contributed by atoms with Crippen LogP contribution in [-0.2, 0) is 33.2 Å². The summed E-state index contributed by atoms with van der Waals surface area (Å²) in [7, 11) is 0. The monoisotopic (exact) mass is 602 g/mol. The largest absolute Gasteiger partial charge is 0.378 e. The van der Waals surface area contributed by atoms with E-state index >= 15 is 0 Å². The van der Waals surface area contributed by atoms with Crippen LogP contribution >= 0.6 is 0 Å². The zero-order chi connectivity index (χ0) is 29.6. The summed E-state index contributed by atoms with van der Waals surface area (Å²) < 4.78 is 42.8. The van der Waals surface area contributed by atoms with E-state index in [1.165, 1.54) is 56.1 Å². The maximum Gasteiger partial charge on any atom is 0.209 e. The smallest absolute Gasteiger partial charge is 0.209 e. The van der Waals surface area contributed by atoms with Crippen LogP contribution in [-0.4, -0.2) is 77.1 Å². The van der Waals surface area contributed by atoms with Gasteiger partial charge in [-0.3, -0.25) is 0 Å². The standard InChI is InChI=1S/C36H58O7/c1-24-4-9-29(10-5-24)30-11-13-33(39-20-30)15-14-32-12-8-27(17-38-32)6-7-28-18-40-35(41-19-28)36-42-21-31(22-43-36)34-23-37-26(3)16-25(34)2/h4,9,24,26-33,35-36H,5-8,10-23H2,1-3H3. The first-order valence-corrected chi connectivity index (χ1v) is 17.7. The molecule has 4 fully saturated rings. The van der Waals surface area contributed by atoms with Crippen molar-refractivity contribution in [1.29, 1.82) is 0 Å². The highest BCUT2D eigenvalue weighted by Gasteiger charge is 2.37. The molecule has 5 aliphatic heterocycles. The maximum absolute atomic E-state index is 6.34. The van der Waals surface area contributed by atoms with Gasteiger partial charge >= 0.3 is 0 Å². The maximum atomic E-state index is 6.34. The lowest BCUT2D eigenvalue weighted by Crippen LogP contribution is -2.47. The second-order valence-electron chi connectivity index (χ2n) is 14.7. The van der Waals surface area contributed by atoms with Gasteiger partial charge in [-0.05, 0) is 114 Å². The molecule has 7 atom stereocenters. The SMILES string of the molecule is CC1=C(C2COC(C3OCC(CCC4CCC(CCC5CCC(C6C=CC(C)CC6)CO5)OC4)CO3)OC2)COC(C)C1. The Kier molecular flexibility index (Phi) is 11.7. The van der Waals surface area contributed by atoms with Crippen LogP contribution in [0.4, 0.5) is 0 Å². The molecule has 0 spiro atoms. The number of ether oxygens (including phenoxy) is 7. The Hall–Kier alpha value is -0.800. The lowest BCUT2D eigenvalue weighted by atomic mass is 9.78. The lowest BCUT2D eigenvalue weighted by molar-refractivity contribution is -0.329. The Morgan fingerprint density at radius 1 is 0.605 bits per heavy atom. The van der Waals surface area contributed by atoms with Gasteiger partial charge in [0.1, 0.15) is 0 Å². The molecule has 0 bridgehead atoms. The van der Waals surface area contributed by atoms with Crippen molar-refractivity contribution in [2.75, 3.05) is 46.2 Å². The number of rotatable bonds is 9. The van der Waals surface area contributed by atoms with Gasteiger partial charge in [0.15, 0.2) is 0 Å². The Labute approximate surface area is 260 Å². The molecule has 43 heavy (non-hydrogen) atoms. The van der Waals surface area contributed by atoms with Crippen molar-refractivity contribution in [3.8, 4) is 0 Å². The number of hydrogen-bond donors (Lipinski definition) is 0. The molecule has 5 heterocycles. The number of hydrogen-bond acceptors (Lipinski definition) is 7. The van der Waals surface area contributed by atoms with E-state index in [1.807, 2.05) is 0 Å². The molecule has 0 aromatic rings. The third-order valence-electron chi connectivity index (χ3n) is 11.2. The van der Waals surface area contributed by atoms with E-state index in [2.05, 4.69) is 32.9 Å². The van der Waals surface area contributed by atoms with Crippen molar-refractivity contribution in [1.82, 2.24) is 0 Å². The van der Waals surface area contributed by atoms with Crippen LogP contribution in [0.5, 0.6) is 0 Å². The molecule has 0 aromatic carbocycles. The topological polar surface area (TPSA) is 64.6 Å². The molecule has 6 rings (SSSR count). The van der Waals surface area contributed by atoms with E-state index < -0.39 is 12.6 Å². The van der Waals surface area contributed by atoms with Crippen LogP contribution in [0, 0.1) is 35.5 Å². The summed E-state index contributed by atoms with van der Waals surface area (Å²) in [4.78, 5) is 0. The number of allylic oxidation sites excluding steroid dienone is 2. The summed E-state index contributed by atoms with van der Waals surface area (Å²) in [6.07, 6.45) is 18.4. The lowest BCUT2D eigenvalue weighted by Gasteiger charge is -2.39. The first-order valence-electron chi connectivity index (χ1n) is 17.7. The van der Waals surface area contributed by atoms with Crippen molar-refractivity contribution in [3.63, 3.8) is 0 Å². The predicted molar refractivity (Wildman–Crippen MR) is 166 cm³/mol. The van der Waals surface area contributed by atoms with Gasteiger partial charge in [-0.1, -0.05) is 24.6 Å². The van der Waals surface area contributed by atoms with Crippen LogP contribution < -0.4 is 0 Å². The molecule has 7 unspecified atom stereocenters. The van der Waals surface area contributed by atoms with Crippen LogP contribution in [0.15, 0.2) is 23.3 Å². The molecule has 1 aliphatic carbocycles. The zero-order valence-electron chi connectivity index (χ0n) is 27.1. The van der Waals surface area contributed by atoms with Crippen molar-refractivity contribution in [3.05, 3.63) is 23.3 Å². The molecule has 6 aliphatic rings. The molecule has 0 N–H and O–H groups in total. The van der Waals surface area contributed by atoms with Gasteiger partial charge in [0.2, 0.25) is 12.6 Å². The molecule has 7 nitrogen and oxygen atoms in total. The van der Waals surface area contributed by atoms with Crippen molar-refractivity contribution in [2.24, 2.45) is 35.5 Å². The fourth-order valence-electron chi connectivity index (χ4n) is 8.12. The fraction of sp³-hybridized carbons (Fsp3) is 0.889. The molecule has 244 valence electrons. The molecular formula is C36H58O7. The van der Waals surface area contributed by atoms with E-state index in [1.54, 1.807) is 0 Å². The van der Waals surface area contributed by atoms with Gasteiger partial charge in [-0.15, -0.1) is 0 Å². The highest BCUT2D eigenvalue weighted by molar-refractivity contribution is 5.19. The minimum Gasteiger partial charge on any atom is -0.378 e. The van der Waals surface area contributed by atoms with Crippen LogP contribution in [0.2, 0.25) is 0 Å². The van der Waals surface area contributed by atoms with Gasteiger partial charge in [0.05, 0.1) is 58.0 Å². The van der Waals surface area contributed by atoms with E-state index in [0.717, 1.165) is 56.7 Å². The molecular weight excluding hydrogens is 544 g/mol. The highest BCUT2D eigenvalue weighted by atomic mass is 16.8. The zero-order valence-corrected chi connectivity index (χ0v) is 27.1. The average molecular weight is 603 g/mol. The second-order valence-corrected chi connectivity index (χ2v) is 14.7. The molecule has 0 saturated carbocycles. The molecule has 4 saturated heterocycles. The van der Waals surface area contributed by atoms with Gasteiger partial charge in [0, 0.05) is 18.4 Å². The Bertz CT molecular complexity index is 903. The summed E-state index contributed by atoms with van der Waals surface area (Å²) in [6, 6.07) is 0. The Morgan fingerprint density at radius 3 is 1.86 bits per heavy atom. The summed E-state index contributed by atoms with van der Waals surface area (Å²) in [5.74, 6) is 3.57. The van der Waals surface area contributed by atoms with Crippen LogP contribution in [0.1, 0.15) is 91.4 Å². The molecule has 0 aromatic heterocycles. The summed E-state index contributed by atoms with van der Waals surface area (Å²) in [5.41, 5.74) is 2.76. The van der Waals surface area contributed by atoms with Gasteiger partial charge in [0.25, 0.3) is 0 Å². The molecule has 0 radical (unpaired) electrons. The third-order valence-corrected chi connectivity index (χ3v) is 11.2. The van der Waals surface area contributed by atoms with Gasteiger partial charge in [-0.25, -0.2) is 0 Å². The van der Waals surface area contributed by atoms with E-state index in [4.69, 9.17) is 33.2 Å². The Morgan fingerprint density at radius 2 is 1.26 bits per heavy atom. The van der Waals surface area contributed by atoms with E-state index in [-0.39, 0.29) is 5.92 Å². The fourth-order valence-corrected chi connectivity index (χ4v) is 8.12. The van der Waals surface area contributed by atoms with Gasteiger partial charge in [-0.2, -0.15) is 0 Å². The summed E-state index contributed by atoms with van der Waals surface area (Å²) in [6.45, 7) is 11.9. The minimum atomic E-state index is -0.441. The minimum absolute atomic E-state index is 0.263. The average Bonchev–Trinajstić information content (AvgIpc) is 3.04. The normalized spacial score (nSPS) is 43.1. The predicted octanol–water partition coefficient (Wildman–Crippen LogP) is 6.84. The highest BCUT2D eigenvalue weighted by Crippen LogP contribution is 2.36. The molecule has 0 amide bonds. The summed E-state index contributed by atoms with van der Waals surface area (Å²) >= 11 is 0. The van der Waals surface area contributed by atoms with E-state index in [9.17, 15) is 0 Å². The van der Waals surface area contributed by atoms with Crippen LogP contribution in [0.25, 0.3) is 0 Å². The van der Waals surface area contributed by atoms with Crippen molar-refractivity contribution >= 4 is 0 Å². The molecule has 7 heteroatoms. The first kappa shape index (κ1) is 32.2. The quantitative estimate of drug-likeness (QED) is 0.268. The summed E-state index contributed by atoms with van der Waals surface area (Å²) in [5, 5.41) is 0. The Balaban J connectivity index is 0.805.